The Balaban J connectivity index is 1.80. The average Bonchev–Trinajstić information content (AvgIpc) is 2.75. The highest BCUT2D eigenvalue weighted by molar-refractivity contribution is 6.34. The lowest BCUT2D eigenvalue weighted by Crippen LogP contribution is -2.22. The summed E-state index contributed by atoms with van der Waals surface area (Å²) in [5.41, 5.74) is 2.56. The number of benzene rings is 2. The predicted octanol–water partition coefficient (Wildman–Crippen LogP) is 5.73. The van der Waals surface area contributed by atoms with Gasteiger partial charge in [-0.05, 0) is 42.3 Å². The van der Waals surface area contributed by atoms with E-state index >= 15 is 0 Å². The van der Waals surface area contributed by atoms with E-state index in [2.05, 4.69) is 20.8 Å². The number of hydrogen-bond donors (Lipinski definition) is 2. The minimum atomic E-state index is -4.66. The maximum Gasteiger partial charge on any atom is 0.417 e. The quantitative estimate of drug-likeness (QED) is 0.350. The van der Waals surface area contributed by atoms with Crippen LogP contribution in [0.4, 0.5) is 18.9 Å². The lowest BCUT2D eigenvalue weighted by molar-refractivity contribution is -0.137. The molecule has 1 heterocycles. The number of carbonyl (C=O) groups is 2. The van der Waals surface area contributed by atoms with Crippen LogP contribution in [0.15, 0.2) is 59.8 Å². The van der Waals surface area contributed by atoms with E-state index in [9.17, 15) is 22.8 Å². The number of nitrogens with zero attached hydrogens (tertiary/aromatic N) is 2. The molecule has 11 heteroatoms. The van der Waals surface area contributed by atoms with Crippen LogP contribution >= 0.6 is 23.2 Å². The fraction of sp³-hybridized carbons (Fsp3) is 0.0909. The highest BCUT2D eigenvalue weighted by atomic mass is 35.5. The van der Waals surface area contributed by atoms with Crippen LogP contribution in [0.2, 0.25) is 10.0 Å². The first-order chi connectivity index (χ1) is 15.6. The molecule has 0 fully saturated rings. The number of aryl methyl sites for hydroxylation is 1. The summed E-state index contributed by atoms with van der Waals surface area (Å²) in [4.78, 5) is 28.7. The second-order valence-electron chi connectivity index (χ2n) is 6.75. The molecule has 0 aliphatic rings. The Labute approximate surface area is 196 Å². The zero-order valence-electron chi connectivity index (χ0n) is 16.9. The van der Waals surface area contributed by atoms with Crippen molar-refractivity contribution in [2.24, 2.45) is 5.10 Å². The van der Waals surface area contributed by atoms with Crippen LogP contribution in [-0.2, 0) is 6.18 Å². The summed E-state index contributed by atoms with van der Waals surface area (Å²) in [6.45, 7) is 1.88. The normalized spacial score (nSPS) is 11.5. The number of alkyl halides is 3. The van der Waals surface area contributed by atoms with Crippen LogP contribution in [0.3, 0.4) is 0 Å². The van der Waals surface area contributed by atoms with E-state index in [1.165, 1.54) is 24.4 Å². The van der Waals surface area contributed by atoms with Crippen molar-refractivity contribution in [3.63, 3.8) is 0 Å². The summed E-state index contributed by atoms with van der Waals surface area (Å²) in [7, 11) is 0. The number of anilines is 1. The maximum absolute atomic E-state index is 12.8. The summed E-state index contributed by atoms with van der Waals surface area (Å²) >= 11 is 11.8. The predicted molar refractivity (Wildman–Crippen MR) is 120 cm³/mol. The molecule has 0 atom stereocenters. The number of rotatable bonds is 5. The molecule has 33 heavy (non-hydrogen) atoms. The molecule has 0 radical (unpaired) electrons. The van der Waals surface area contributed by atoms with Gasteiger partial charge in [0.1, 0.15) is 5.69 Å². The average molecular weight is 495 g/mol. The Morgan fingerprint density at radius 1 is 1.06 bits per heavy atom. The number of halogens is 5. The highest BCUT2D eigenvalue weighted by Crippen LogP contribution is 2.31. The number of hydrogen-bond acceptors (Lipinski definition) is 4. The second-order valence-corrected chi connectivity index (χ2v) is 7.60. The molecule has 1 aromatic heterocycles. The molecule has 3 rings (SSSR count). The van der Waals surface area contributed by atoms with E-state index in [0.29, 0.717) is 12.3 Å². The van der Waals surface area contributed by atoms with Crippen LogP contribution in [0.5, 0.6) is 0 Å². The first-order valence-electron chi connectivity index (χ1n) is 9.29. The van der Waals surface area contributed by atoms with Crippen molar-refractivity contribution >= 4 is 46.9 Å². The molecule has 2 aromatic carbocycles. The van der Waals surface area contributed by atoms with E-state index in [0.717, 1.165) is 11.1 Å². The third-order valence-corrected chi connectivity index (χ3v) is 4.94. The molecule has 0 aliphatic heterocycles. The van der Waals surface area contributed by atoms with Crippen molar-refractivity contribution in [1.82, 2.24) is 10.4 Å². The zero-order valence-corrected chi connectivity index (χ0v) is 18.4. The fourth-order valence-electron chi connectivity index (χ4n) is 2.71. The van der Waals surface area contributed by atoms with Crippen LogP contribution in [0, 0.1) is 6.92 Å². The molecule has 0 saturated heterocycles. The Bertz CT molecular complexity index is 1250. The van der Waals surface area contributed by atoms with Gasteiger partial charge < -0.3 is 5.32 Å². The number of aromatic nitrogens is 1. The lowest BCUT2D eigenvalue weighted by atomic mass is 10.1. The van der Waals surface area contributed by atoms with Gasteiger partial charge in [0.05, 0.1) is 28.1 Å². The van der Waals surface area contributed by atoms with E-state index in [1.807, 2.05) is 31.2 Å². The minimum absolute atomic E-state index is 0.0270. The van der Waals surface area contributed by atoms with Gasteiger partial charge in [0, 0.05) is 11.2 Å². The molecule has 0 aliphatic carbocycles. The summed E-state index contributed by atoms with van der Waals surface area (Å²) in [5.74, 6) is -1.59. The number of pyridine rings is 1. The molecule has 2 N–H and O–H groups in total. The molecule has 0 unspecified atom stereocenters. The van der Waals surface area contributed by atoms with E-state index in [1.54, 1.807) is 0 Å². The molecule has 3 aromatic rings. The number of carbonyl (C=O) groups excluding carboxylic acids is 2. The molecule has 2 amide bonds. The van der Waals surface area contributed by atoms with Crippen LogP contribution in [0.25, 0.3) is 0 Å². The molecule has 0 bridgehead atoms. The molecule has 0 saturated carbocycles. The first kappa shape index (κ1) is 24.2. The number of nitrogens with one attached hydrogen (secondary N) is 2. The van der Waals surface area contributed by atoms with Gasteiger partial charge in [-0.25, -0.2) is 10.4 Å². The summed E-state index contributed by atoms with van der Waals surface area (Å²) in [5, 5.41) is 6.05. The monoisotopic (exact) mass is 494 g/mol. The summed E-state index contributed by atoms with van der Waals surface area (Å²) in [6.07, 6.45) is -2.70. The number of amides is 2. The van der Waals surface area contributed by atoms with Gasteiger partial charge >= 0.3 is 6.18 Å². The van der Waals surface area contributed by atoms with Gasteiger partial charge in [-0.1, -0.05) is 47.5 Å². The Morgan fingerprint density at radius 2 is 1.79 bits per heavy atom. The lowest BCUT2D eigenvalue weighted by Gasteiger charge is -2.12. The standard InChI is InChI=1S/C22H15Cl2F3N4O2/c1-12-4-2-3-5-13(12)10-29-31-20(32)16-9-15(23)6-7-18(16)30-21(33)19-17(24)8-14(11-28-19)22(25,26)27/h2-11H,1H3,(H,30,33)(H,31,32)/b29-10+. The first-order valence-corrected chi connectivity index (χ1v) is 10.0. The topological polar surface area (TPSA) is 83.5 Å². The molecule has 0 spiro atoms. The van der Waals surface area contributed by atoms with Gasteiger partial charge in [-0.3, -0.25) is 9.59 Å². The van der Waals surface area contributed by atoms with Crippen LogP contribution in [-0.4, -0.2) is 23.0 Å². The fourth-order valence-corrected chi connectivity index (χ4v) is 3.13. The largest absolute Gasteiger partial charge is 0.417 e. The maximum atomic E-state index is 12.8. The SMILES string of the molecule is Cc1ccccc1/C=N/NC(=O)c1cc(Cl)ccc1NC(=O)c1ncc(C(F)(F)F)cc1Cl. The van der Waals surface area contributed by atoms with Gasteiger partial charge in [0.2, 0.25) is 0 Å². The Kier molecular flexibility index (Phi) is 7.35. The Morgan fingerprint density at radius 3 is 2.45 bits per heavy atom. The van der Waals surface area contributed by atoms with Crippen molar-refractivity contribution in [1.29, 1.82) is 0 Å². The van der Waals surface area contributed by atoms with Gasteiger partial charge in [0.25, 0.3) is 11.8 Å². The Hall–Kier alpha value is -3.43. The van der Waals surface area contributed by atoms with E-state index in [4.69, 9.17) is 23.2 Å². The third-order valence-electron chi connectivity index (χ3n) is 4.42. The van der Waals surface area contributed by atoms with Crippen molar-refractivity contribution in [2.75, 3.05) is 5.32 Å². The van der Waals surface area contributed by atoms with Crippen molar-refractivity contribution in [3.05, 3.63) is 92.7 Å². The van der Waals surface area contributed by atoms with E-state index in [-0.39, 0.29) is 16.3 Å². The molecule has 170 valence electrons. The third kappa shape index (κ3) is 6.09. The summed E-state index contributed by atoms with van der Waals surface area (Å²) < 4.78 is 38.4. The van der Waals surface area contributed by atoms with Crippen molar-refractivity contribution in [3.8, 4) is 0 Å². The van der Waals surface area contributed by atoms with Gasteiger partial charge in [-0.2, -0.15) is 18.3 Å². The molecular formula is C22H15Cl2F3N4O2. The minimum Gasteiger partial charge on any atom is -0.320 e. The van der Waals surface area contributed by atoms with Gasteiger partial charge in [-0.15, -0.1) is 0 Å². The van der Waals surface area contributed by atoms with Crippen molar-refractivity contribution in [2.45, 2.75) is 13.1 Å². The zero-order chi connectivity index (χ0) is 24.2. The highest BCUT2D eigenvalue weighted by Gasteiger charge is 2.32. The van der Waals surface area contributed by atoms with Crippen LogP contribution in [0.1, 0.15) is 37.5 Å². The van der Waals surface area contributed by atoms with Crippen molar-refractivity contribution < 1.29 is 22.8 Å². The van der Waals surface area contributed by atoms with Gasteiger partial charge in [0.15, 0.2) is 0 Å². The van der Waals surface area contributed by atoms with Crippen LogP contribution < -0.4 is 10.7 Å². The summed E-state index contributed by atoms with van der Waals surface area (Å²) in [6, 6.07) is 12.1. The molecular weight excluding hydrogens is 480 g/mol. The molecule has 6 nitrogen and oxygen atoms in total. The van der Waals surface area contributed by atoms with E-state index < -0.39 is 34.3 Å². The number of hydrazone groups is 1. The smallest absolute Gasteiger partial charge is 0.320 e. The second kappa shape index (κ2) is 10.0.